The smallest absolute Gasteiger partial charge is 0.251 e. The summed E-state index contributed by atoms with van der Waals surface area (Å²) in [6, 6.07) is 12.4. The number of amides is 2. The second-order valence-electron chi connectivity index (χ2n) is 6.56. The molecular weight excluding hydrogens is 319 g/mol. The fourth-order valence-corrected chi connectivity index (χ4v) is 3.19. The number of aryl methyl sites for hydroxylation is 1. The Labute approximate surface area is 146 Å². The molecule has 0 aromatic heterocycles. The quantitative estimate of drug-likeness (QED) is 0.858. The number of carbonyl (C=O) groups excluding carboxylic acids is 2. The van der Waals surface area contributed by atoms with E-state index in [1.807, 2.05) is 45.0 Å². The summed E-state index contributed by atoms with van der Waals surface area (Å²) in [5.41, 5.74) is 2.22. The number of hydrogen-bond donors (Lipinski definition) is 0. The van der Waals surface area contributed by atoms with Crippen molar-refractivity contribution in [2.45, 2.75) is 32.9 Å². The highest BCUT2D eigenvalue weighted by atomic mass is 19.1. The standard InChI is InChI=1S/C20H21FN2O2/c1-13(2)22-12-18(24)23(17-7-5-4-6-14(17)3)19(20(22)25)15-8-10-16(21)11-9-15/h4-11,13,19H,12H2,1-3H3/t19-/m1/s1. The van der Waals surface area contributed by atoms with Gasteiger partial charge in [0.15, 0.2) is 0 Å². The molecule has 1 fully saturated rings. The van der Waals surface area contributed by atoms with Crippen LogP contribution in [-0.4, -0.2) is 29.3 Å². The minimum absolute atomic E-state index is 0.0442. The van der Waals surface area contributed by atoms with E-state index in [9.17, 15) is 14.0 Å². The topological polar surface area (TPSA) is 40.6 Å². The monoisotopic (exact) mass is 340 g/mol. The van der Waals surface area contributed by atoms with Crippen LogP contribution >= 0.6 is 0 Å². The highest BCUT2D eigenvalue weighted by Gasteiger charge is 2.42. The van der Waals surface area contributed by atoms with Gasteiger partial charge in [0, 0.05) is 11.7 Å². The third-order valence-corrected chi connectivity index (χ3v) is 4.53. The minimum atomic E-state index is -0.787. The van der Waals surface area contributed by atoms with Crippen molar-refractivity contribution in [2.75, 3.05) is 11.4 Å². The van der Waals surface area contributed by atoms with Crippen LogP contribution in [0.15, 0.2) is 48.5 Å². The predicted octanol–water partition coefficient (Wildman–Crippen LogP) is 3.46. The van der Waals surface area contributed by atoms with E-state index in [4.69, 9.17) is 0 Å². The van der Waals surface area contributed by atoms with Crippen LogP contribution in [0.4, 0.5) is 10.1 Å². The van der Waals surface area contributed by atoms with Gasteiger partial charge < -0.3 is 4.90 Å². The van der Waals surface area contributed by atoms with Gasteiger partial charge in [-0.3, -0.25) is 14.5 Å². The number of carbonyl (C=O) groups is 2. The lowest BCUT2D eigenvalue weighted by Crippen LogP contribution is -2.57. The number of hydrogen-bond acceptors (Lipinski definition) is 2. The summed E-state index contributed by atoms with van der Waals surface area (Å²) in [6.07, 6.45) is 0. The molecule has 2 amide bonds. The third kappa shape index (κ3) is 3.14. The van der Waals surface area contributed by atoms with Gasteiger partial charge in [0.05, 0.1) is 0 Å². The van der Waals surface area contributed by atoms with Crippen molar-refractivity contribution < 1.29 is 14.0 Å². The zero-order valence-electron chi connectivity index (χ0n) is 14.6. The Bertz CT molecular complexity index is 802. The van der Waals surface area contributed by atoms with Crippen molar-refractivity contribution in [3.8, 4) is 0 Å². The van der Waals surface area contributed by atoms with Crippen LogP contribution in [0.25, 0.3) is 0 Å². The molecule has 2 aromatic rings. The Kier molecular flexibility index (Phi) is 4.57. The molecular formula is C20H21FN2O2. The predicted molar refractivity (Wildman–Crippen MR) is 94.7 cm³/mol. The van der Waals surface area contributed by atoms with Gasteiger partial charge in [0.1, 0.15) is 18.4 Å². The number of nitrogens with zero attached hydrogens (tertiary/aromatic N) is 2. The summed E-state index contributed by atoms with van der Waals surface area (Å²) >= 11 is 0. The van der Waals surface area contributed by atoms with Crippen molar-refractivity contribution >= 4 is 17.5 Å². The molecule has 4 nitrogen and oxygen atoms in total. The molecule has 0 spiro atoms. The first kappa shape index (κ1) is 17.1. The van der Waals surface area contributed by atoms with Crippen LogP contribution in [0.3, 0.4) is 0 Å². The fourth-order valence-electron chi connectivity index (χ4n) is 3.19. The Hall–Kier alpha value is -2.69. The van der Waals surface area contributed by atoms with Crippen molar-refractivity contribution in [2.24, 2.45) is 0 Å². The molecule has 5 heteroatoms. The second kappa shape index (κ2) is 6.67. The van der Waals surface area contributed by atoms with Gasteiger partial charge >= 0.3 is 0 Å². The van der Waals surface area contributed by atoms with Crippen LogP contribution in [0.2, 0.25) is 0 Å². The molecule has 3 rings (SSSR count). The van der Waals surface area contributed by atoms with E-state index in [0.29, 0.717) is 11.3 Å². The highest BCUT2D eigenvalue weighted by Crippen LogP contribution is 2.34. The molecule has 0 radical (unpaired) electrons. The summed E-state index contributed by atoms with van der Waals surface area (Å²) in [5, 5.41) is 0. The number of rotatable bonds is 3. The third-order valence-electron chi connectivity index (χ3n) is 4.53. The summed E-state index contributed by atoms with van der Waals surface area (Å²) in [5.74, 6) is -0.664. The second-order valence-corrected chi connectivity index (χ2v) is 6.56. The lowest BCUT2D eigenvalue weighted by Gasteiger charge is -2.42. The Morgan fingerprint density at radius 2 is 1.68 bits per heavy atom. The van der Waals surface area contributed by atoms with Crippen LogP contribution in [-0.2, 0) is 9.59 Å². The molecule has 1 atom stereocenters. The first-order valence-electron chi connectivity index (χ1n) is 8.33. The molecule has 0 saturated carbocycles. The number of anilines is 1. The van der Waals surface area contributed by atoms with E-state index in [0.717, 1.165) is 5.56 Å². The summed E-state index contributed by atoms with van der Waals surface area (Å²) in [7, 11) is 0. The molecule has 1 heterocycles. The summed E-state index contributed by atoms with van der Waals surface area (Å²) in [4.78, 5) is 29.2. The molecule has 25 heavy (non-hydrogen) atoms. The average Bonchev–Trinajstić information content (AvgIpc) is 2.58. The largest absolute Gasteiger partial charge is 0.329 e. The molecule has 130 valence electrons. The fraction of sp³-hybridized carbons (Fsp3) is 0.300. The molecule has 1 saturated heterocycles. The van der Waals surface area contributed by atoms with Crippen LogP contribution in [0.5, 0.6) is 0 Å². The Balaban J connectivity index is 2.13. The first-order valence-corrected chi connectivity index (χ1v) is 8.33. The number of halogens is 1. The van der Waals surface area contributed by atoms with E-state index in [-0.39, 0.29) is 30.2 Å². The van der Waals surface area contributed by atoms with E-state index in [1.54, 1.807) is 21.9 Å². The SMILES string of the molecule is Cc1ccccc1N1C(=O)CN(C(C)C)C(=O)[C@H]1c1ccc(F)cc1. The van der Waals surface area contributed by atoms with Gasteiger partial charge in [-0.2, -0.15) is 0 Å². The van der Waals surface area contributed by atoms with E-state index in [2.05, 4.69) is 0 Å². The lowest BCUT2D eigenvalue weighted by molar-refractivity contribution is -0.143. The van der Waals surface area contributed by atoms with Gasteiger partial charge in [0.25, 0.3) is 5.91 Å². The lowest BCUT2D eigenvalue weighted by atomic mass is 9.98. The van der Waals surface area contributed by atoms with Gasteiger partial charge in [-0.1, -0.05) is 30.3 Å². The summed E-state index contributed by atoms with van der Waals surface area (Å²) in [6.45, 7) is 5.72. The van der Waals surface area contributed by atoms with Crippen molar-refractivity contribution in [3.05, 3.63) is 65.5 Å². The van der Waals surface area contributed by atoms with Gasteiger partial charge in [-0.15, -0.1) is 0 Å². The van der Waals surface area contributed by atoms with Gasteiger partial charge in [-0.25, -0.2) is 4.39 Å². The Morgan fingerprint density at radius 1 is 1.04 bits per heavy atom. The average molecular weight is 340 g/mol. The minimum Gasteiger partial charge on any atom is -0.329 e. The molecule has 0 aliphatic carbocycles. The first-order chi connectivity index (χ1) is 11.9. The molecule has 1 aliphatic rings. The maximum absolute atomic E-state index is 13.3. The zero-order chi connectivity index (χ0) is 18.1. The van der Waals surface area contributed by atoms with Gasteiger partial charge in [-0.05, 0) is 50.1 Å². The molecule has 2 aromatic carbocycles. The molecule has 0 bridgehead atoms. The van der Waals surface area contributed by atoms with Crippen molar-refractivity contribution in [3.63, 3.8) is 0 Å². The molecule has 0 N–H and O–H groups in total. The van der Waals surface area contributed by atoms with Gasteiger partial charge in [0.2, 0.25) is 5.91 Å². The molecule has 0 unspecified atom stereocenters. The Morgan fingerprint density at radius 3 is 2.28 bits per heavy atom. The number of para-hydroxylation sites is 1. The highest BCUT2D eigenvalue weighted by molar-refractivity contribution is 6.07. The van der Waals surface area contributed by atoms with E-state index in [1.165, 1.54) is 12.1 Å². The summed E-state index contributed by atoms with van der Waals surface area (Å²) < 4.78 is 13.3. The van der Waals surface area contributed by atoms with Crippen LogP contribution in [0, 0.1) is 12.7 Å². The maximum atomic E-state index is 13.3. The zero-order valence-corrected chi connectivity index (χ0v) is 14.6. The van der Waals surface area contributed by atoms with Crippen molar-refractivity contribution in [1.29, 1.82) is 0 Å². The maximum Gasteiger partial charge on any atom is 0.251 e. The molecule has 1 aliphatic heterocycles. The number of benzene rings is 2. The normalized spacial score (nSPS) is 18.2. The van der Waals surface area contributed by atoms with Crippen LogP contribution < -0.4 is 4.90 Å². The van der Waals surface area contributed by atoms with E-state index < -0.39 is 6.04 Å². The number of piperazine rings is 1. The van der Waals surface area contributed by atoms with Crippen molar-refractivity contribution in [1.82, 2.24) is 4.90 Å². The van der Waals surface area contributed by atoms with E-state index >= 15 is 0 Å². The van der Waals surface area contributed by atoms with Crippen LogP contribution in [0.1, 0.15) is 31.0 Å².